The number of piperidine rings is 1. The van der Waals surface area contributed by atoms with Crippen LogP contribution in [-0.2, 0) is 9.59 Å². The lowest BCUT2D eigenvalue weighted by molar-refractivity contribution is -0.134. The van der Waals surface area contributed by atoms with Gasteiger partial charge in [0, 0.05) is 30.6 Å². The van der Waals surface area contributed by atoms with Crippen molar-refractivity contribution in [2.24, 2.45) is 11.8 Å². The van der Waals surface area contributed by atoms with Crippen molar-refractivity contribution < 1.29 is 18.8 Å². The van der Waals surface area contributed by atoms with Crippen LogP contribution in [0.5, 0.6) is 0 Å². The van der Waals surface area contributed by atoms with E-state index in [-0.39, 0.29) is 29.7 Å². The summed E-state index contributed by atoms with van der Waals surface area (Å²) in [4.78, 5) is 39.5. The van der Waals surface area contributed by atoms with Gasteiger partial charge in [-0.05, 0) is 69.7 Å². The minimum Gasteiger partial charge on any atom is -0.352 e. The Morgan fingerprint density at radius 1 is 1.00 bits per heavy atom. The molecule has 1 saturated carbocycles. The van der Waals surface area contributed by atoms with Crippen molar-refractivity contribution in [3.8, 4) is 0 Å². The monoisotopic (exact) mass is 389 g/mol. The van der Waals surface area contributed by atoms with Crippen LogP contribution < -0.4 is 10.6 Å². The highest BCUT2D eigenvalue weighted by Gasteiger charge is 2.38. The Balaban J connectivity index is 1.66. The summed E-state index contributed by atoms with van der Waals surface area (Å²) in [7, 11) is 0. The number of rotatable bonds is 6. The van der Waals surface area contributed by atoms with Crippen molar-refractivity contribution in [1.29, 1.82) is 0 Å². The Morgan fingerprint density at radius 3 is 2.14 bits per heavy atom. The molecule has 1 unspecified atom stereocenters. The summed E-state index contributed by atoms with van der Waals surface area (Å²) in [6.45, 7) is 4.96. The minimum atomic E-state index is -0.682. The topological polar surface area (TPSA) is 78.5 Å². The standard InChI is InChI=1S/C21H28FN3O3/c1-13(2)23-20(27)18(24-19(26)15-5-7-17(22)8-6-15)14-9-11-25(12-10-14)21(28)16-3-4-16/h5-8,13-14,16,18H,3-4,9-12H2,1-2H3,(H,23,27)(H,24,26). The molecule has 2 fully saturated rings. The van der Waals surface area contributed by atoms with Gasteiger partial charge in [-0.15, -0.1) is 0 Å². The Morgan fingerprint density at radius 2 is 1.61 bits per heavy atom. The summed E-state index contributed by atoms with van der Waals surface area (Å²) in [5, 5.41) is 5.70. The molecule has 28 heavy (non-hydrogen) atoms. The first-order valence-electron chi connectivity index (χ1n) is 10.0. The largest absolute Gasteiger partial charge is 0.352 e. The van der Waals surface area contributed by atoms with E-state index in [4.69, 9.17) is 0 Å². The van der Waals surface area contributed by atoms with Crippen LogP contribution in [0, 0.1) is 17.7 Å². The number of likely N-dealkylation sites (tertiary alicyclic amines) is 1. The second-order valence-electron chi connectivity index (χ2n) is 8.06. The molecule has 1 aromatic carbocycles. The highest BCUT2D eigenvalue weighted by atomic mass is 19.1. The lowest BCUT2D eigenvalue weighted by Crippen LogP contribution is -2.54. The summed E-state index contributed by atoms with van der Waals surface area (Å²) in [5.41, 5.74) is 0.310. The van der Waals surface area contributed by atoms with Crippen LogP contribution >= 0.6 is 0 Å². The van der Waals surface area contributed by atoms with Gasteiger partial charge in [-0.2, -0.15) is 0 Å². The minimum absolute atomic E-state index is 0.0470. The molecule has 1 saturated heterocycles. The quantitative estimate of drug-likeness (QED) is 0.782. The van der Waals surface area contributed by atoms with Gasteiger partial charge in [0.1, 0.15) is 11.9 Å². The second kappa shape index (κ2) is 8.71. The van der Waals surface area contributed by atoms with Gasteiger partial charge in [0.2, 0.25) is 11.8 Å². The zero-order valence-electron chi connectivity index (χ0n) is 16.4. The third kappa shape index (κ3) is 5.09. The van der Waals surface area contributed by atoms with Gasteiger partial charge in [0.05, 0.1) is 0 Å². The summed E-state index contributed by atoms with van der Waals surface area (Å²) >= 11 is 0. The van der Waals surface area contributed by atoms with Gasteiger partial charge in [-0.3, -0.25) is 14.4 Å². The van der Waals surface area contributed by atoms with E-state index < -0.39 is 17.8 Å². The third-order valence-corrected chi connectivity index (χ3v) is 5.36. The second-order valence-corrected chi connectivity index (χ2v) is 8.06. The fraction of sp³-hybridized carbons (Fsp3) is 0.571. The van der Waals surface area contributed by atoms with Crippen LogP contribution in [-0.4, -0.2) is 47.8 Å². The molecule has 1 aliphatic heterocycles. The summed E-state index contributed by atoms with van der Waals surface area (Å²) < 4.78 is 13.1. The molecule has 1 aliphatic carbocycles. The first kappa shape index (κ1) is 20.3. The highest BCUT2D eigenvalue weighted by Crippen LogP contribution is 2.33. The summed E-state index contributed by atoms with van der Waals surface area (Å²) in [5.74, 6) is -0.686. The zero-order chi connectivity index (χ0) is 20.3. The third-order valence-electron chi connectivity index (χ3n) is 5.36. The van der Waals surface area contributed by atoms with Crippen LogP contribution in [0.1, 0.15) is 49.9 Å². The average Bonchev–Trinajstić information content (AvgIpc) is 3.50. The number of carbonyl (C=O) groups excluding carboxylic acids is 3. The fourth-order valence-electron chi connectivity index (χ4n) is 3.64. The maximum Gasteiger partial charge on any atom is 0.251 e. The van der Waals surface area contributed by atoms with Crippen molar-refractivity contribution in [2.75, 3.05) is 13.1 Å². The van der Waals surface area contributed by atoms with E-state index in [1.807, 2.05) is 18.7 Å². The maximum absolute atomic E-state index is 13.1. The predicted octanol–water partition coefficient (Wildman–Crippen LogP) is 2.10. The van der Waals surface area contributed by atoms with Crippen molar-refractivity contribution in [2.45, 2.75) is 51.6 Å². The number of amides is 3. The molecule has 0 aromatic heterocycles. The van der Waals surface area contributed by atoms with E-state index in [1.54, 1.807) is 0 Å². The molecule has 3 amide bonds. The van der Waals surface area contributed by atoms with E-state index in [0.717, 1.165) is 12.8 Å². The molecule has 3 rings (SSSR count). The highest BCUT2D eigenvalue weighted by molar-refractivity contribution is 5.97. The first-order valence-corrected chi connectivity index (χ1v) is 10.0. The van der Waals surface area contributed by atoms with E-state index in [2.05, 4.69) is 10.6 Å². The van der Waals surface area contributed by atoms with Gasteiger partial charge < -0.3 is 15.5 Å². The Hall–Kier alpha value is -2.44. The Labute approximate surface area is 164 Å². The maximum atomic E-state index is 13.1. The number of nitrogens with zero attached hydrogens (tertiary/aromatic N) is 1. The molecule has 2 aliphatic rings. The number of benzene rings is 1. The zero-order valence-corrected chi connectivity index (χ0v) is 16.4. The van der Waals surface area contributed by atoms with E-state index >= 15 is 0 Å². The number of hydrogen-bond donors (Lipinski definition) is 2. The van der Waals surface area contributed by atoms with E-state index in [1.165, 1.54) is 24.3 Å². The molecular formula is C21H28FN3O3. The smallest absolute Gasteiger partial charge is 0.251 e. The predicted molar refractivity (Wildman–Crippen MR) is 103 cm³/mol. The summed E-state index contributed by atoms with van der Waals surface area (Å²) in [6, 6.07) is 4.52. The Bertz CT molecular complexity index is 723. The van der Waals surface area contributed by atoms with Gasteiger partial charge in [0.15, 0.2) is 0 Å². The number of carbonyl (C=O) groups is 3. The van der Waals surface area contributed by atoms with Gasteiger partial charge in [-0.25, -0.2) is 4.39 Å². The molecule has 1 aromatic rings. The molecule has 152 valence electrons. The van der Waals surface area contributed by atoms with Crippen LogP contribution in [0.15, 0.2) is 24.3 Å². The molecule has 6 nitrogen and oxygen atoms in total. The van der Waals surface area contributed by atoms with Crippen molar-refractivity contribution in [3.05, 3.63) is 35.6 Å². The lowest BCUT2D eigenvalue weighted by atomic mass is 9.88. The van der Waals surface area contributed by atoms with Gasteiger partial charge >= 0.3 is 0 Å². The molecule has 1 atom stereocenters. The first-order chi connectivity index (χ1) is 13.3. The van der Waals surface area contributed by atoms with Gasteiger partial charge in [-0.1, -0.05) is 0 Å². The Kier molecular flexibility index (Phi) is 6.31. The van der Waals surface area contributed by atoms with Gasteiger partial charge in [0.25, 0.3) is 5.91 Å². The van der Waals surface area contributed by atoms with Crippen molar-refractivity contribution >= 4 is 17.7 Å². The fourth-order valence-corrected chi connectivity index (χ4v) is 3.64. The van der Waals surface area contributed by atoms with Crippen LogP contribution in [0.25, 0.3) is 0 Å². The average molecular weight is 389 g/mol. The molecule has 2 N–H and O–H groups in total. The van der Waals surface area contributed by atoms with Crippen molar-refractivity contribution in [1.82, 2.24) is 15.5 Å². The number of hydrogen-bond acceptors (Lipinski definition) is 3. The van der Waals surface area contributed by atoms with Crippen molar-refractivity contribution in [3.63, 3.8) is 0 Å². The van der Waals surface area contributed by atoms with Crippen LogP contribution in [0.4, 0.5) is 4.39 Å². The molecule has 7 heteroatoms. The molecular weight excluding hydrogens is 361 g/mol. The summed E-state index contributed by atoms with van der Waals surface area (Å²) in [6.07, 6.45) is 3.29. The van der Waals surface area contributed by atoms with Crippen LogP contribution in [0.2, 0.25) is 0 Å². The number of halogens is 1. The normalized spacial score (nSPS) is 18.6. The lowest BCUT2D eigenvalue weighted by Gasteiger charge is -2.36. The molecule has 1 heterocycles. The molecule has 0 spiro atoms. The number of nitrogens with one attached hydrogen (secondary N) is 2. The molecule has 0 bridgehead atoms. The SMILES string of the molecule is CC(C)NC(=O)C(NC(=O)c1ccc(F)cc1)C1CCN(C(=O)C2CC2)CC1. The van der Waals surface area contributed by atoms with E-state index in [9.17, 15) is 18.8 Å². The van der Waals surface area contributed by atoms with E-state index in [0.29, 0.717) is 31.5 Å². The molecule has 0 radical (unpaired) electrons. The van der Waals surface area contributed by atoms with Crippen LogP contribution in [0.3, 0.4) is 0 Å².